The van der Waals surface area contributed by atoms with Gasteiger partial charge in [-0.15, -0.1) is 0 Å². The molecule has 0 fully saturated rings. The number of esters is 1. The van der Waals surface area contributed by atoms with E-state index in [1.165, 1.54) is 0 Å². The zero-order valence-electron chi connectivity index (χ0n) is 11.7. The second-order valence-corrected chi connectivity index (χ2v) is 4.49. The van der Waals surface area contributed by atoms with Gasteiger partial charge < -0.3 is 9.15 Å². The molecule has 2 aromatic rings. The van der Waals surface area contributed by atoms with Crippen molar-refractivity contribution >= 4 is 5.97 Å². The maximum Gasteiger partial charge on any atom is 0.320 e. The molecule has 5 nitrogen and oxygen atoms in total. The normalized spacial score (nSPS) is 10.8. The van der Waals surface area contributed by atoms with Crippen LogP contribution in [0.2, 0.25) is 0 Å². The maximum absolute atomic E-state index is 11.4. The maximum atomic E-state index is 11.4. The van der Waals surface area contributed by atoms with Crippen molar-refractivity contribution in [2.24, 2.45) is 0 Å². The highest BCUT2D eigenvalue weighted by Gasteiger charge is 2.11. The Hall–Kier alpha value is -2.14. The van der Waals surface area contributed by atoms with Crippen LogP contribution in [0.3, 0.4) is 0 Å². The molecule has 0 bridgehead atoms. The third kappa shape index (κ3) is 3.93. The molecule has 0 aliphatic heterocycles. The summed E-state index contributed by atoms with van der Waals surface area (Å²) in [4.78, 5) is 17.6. The SMILES string of the molecule is CCOC(=O)CN(C)Cc1coc(-c2ccccc2)n1. The summed E-state index contributed by atoms with van der Waals surface area (Å²) in [7, 11) is 1.84. The molecule has 0 aliphatic carbocycles. The topological polar surface area (TPSA) is 55.6 Å². The Balaban J connectivity index is 1.94. The Morgan fingerprint density at radius 3 is 2.80 bits per heavy atom. The quantitative estimate of drug-likeness (QED) is 0.757. The summed E-state index contributed by atoms with van der Waals surface area (Å²) >= 11 is 0. The predicted molar refractivity (Wildman–Crippen MR) is 74.9 cm³/mol. The summed E-state index contributed by atoms with van der Waals surface area (Å²) in [5.74, 6) is 0.354. The summed E-state index contributed by atoms with van der Waals surface area (Å²) in [5.41, 5.74) is 1.72. The van der Waals surface area contributed by atoms with Crippen LogP contribution in [0.5, 0.6) is 0 Å². The summed E-state index contributed by atoms with van der Waals surface area (Å²) in [5, 5.41) is 0. The molecule has 1 heterocycles. The van der Waals surface area contributed by atoms with Crippen LogP contribution in [-0.2, 0) is 16.1 Å². The van der Waals surface area contributed by atoms with Crippen molar-refractivity contribution in [3.05, 3.63) is 42.3 Å². The van der Waals surface area contributed by atoms with Gasteiger partial charge in [-0.1, -0.05) is 18.2 Å². The van der Waals surface area contributed by atoms with Gasteiger partial charge in [0.15, 0.2) is 0 Å². The predicted octanol–water partition coefficient (Wildman–Crippen LogP) is 2.34. The number of ether oxygens (including phenoxy) is 1. The van der Waals surface area contributed by atoms with E-state index in [4.69, 9.17) is 9.15 Å². The Morgan fingerprint density at radius 2 is 2.10 bits per heavy atom. The lowest BCUT2D eigenvalue weighted by molar-refractivity contribution is -0.144. The second-order valence-electron chi connectivity index (χ2n) is 4.49. The Kier molecular flexibility index (Phi) is 4.90. The smallest absolute Gasteiger partial charge is 0.320 e. The van der Waals surface area contributed by atoms with E-state index in [9.17, 15) is 4.79 Å². The van der Waals surface area contributed by atoms with Crippen molar-refractivity contribution in [2.45, 2.75) is 13.5 Å². The number of carbonyl (C=O) groups excluding carboxylic acids is 1. The fourth-order valence-electron chi connectivity index (χ4n) is 1.85. The lowest BCUT2D eigenvalue weighted by atomic mass is 10.2. The van der Waals surface area contributed by atoms with E-state index < -0.39 is 0 Å². The van der Waals surface area contributed by atoms with E-state index in [0.29, 0.717) is 19.0 Å². The van der Waals surface area contributed by atoms with Gasteiger partial charge in [0.25, 0.3) is 0 Å². The Labute approximate surface area is 118 Å². The average molecular weight is 274 g/mol. The standard InChI is InChI=1S/C15H18N2O3/c1-3-19-14(18)10-17(2)9-13-11-20-15(16-13)12-7-5-4-6-8-12/h4-8,11H,3,9-10H2,1-2H3. The monoisotopic (exact) mass is 274 g/mol. The van der Waals surface area contributed by atoms with Crippen LogP contribution in [0.15, 0.2) is 41.0 Å². The minimum absolute atomic E-state index is 0.234. The molecular formula is C15H18N2O3. The van der Waals surface area contributed by atoms with Crippen LogP contribution in [0.4, 0.5) is 0 Å². The minimum atomic E-state index is -0.234. The molecule has 0 unspecified atom stereocenters. The molecule has 0 spiro atoms. The van der Waals surface area contributed by atoms with Gasteiger partial charge in [0.1, 0.15) is 6.26 Å². The molecule has 0 saturated carbocycles. The van der Waals surface area contributed by atoms with Gasteiger partial charge in [0, 0.05) is 12.1 Å². The largest absolute Gasteiger partial charge is 0.465 e. The first-order valence-electron chi connectivity index (χ1n) is 6.53. The highest BCUT2D eigenvalue weighted by Crippen LogP contribution is 2.18. The van der Waals surface area contributed by atoms with Crippen molar-refractivity contribution in [3.8, 4) is 11.5 Å². The molecule has 1 aromatic carbocycles. The van der Waals surface area contributed by atoms with Crippen LogP contribution in [-0.4, -0.2) is 36.1 Å². The van der Waals surface area contributed by atoms with Crippen LogP contribution in [0, 0.1) is 0 Å². The van der Waals surface area contributed by atoms with Crippen molar-refractivity contribution in [2.75, 3.05) is 20.2 Å². The molecule has 0 N–H and O–H groups in total. The van der Waals surface area contributed by atoms with Gasteiger partial charge in [-0.25, -0.2) is 4.98 Å². The minimum Gasteiger partial charge on any atom is -0.465 e. The van der Waals surface area contributed by atoms with Crippen LogP contribution >= 0.6 is 0 Å². The van der Waals surface area contributed by atoms with E-state index >= 15 is 0 Å². The summed E-state index contributed by atoms with van der Waals surface area (Å²) in [6.07, 6.45) is 1.62. The van der Waals surface area contributed by atoms with E-state index in [0.717, 1.165) is 11.3 Å². The van der Waals surface area contributed by atoms with Crippen LogP contribution in [0.25, 0.3) is 11.5 Å². The van der Waals surface area contributed by atoms with Gasteiger partial charge in [0.2, 0.25) is 5.89 Å². The molecule has 20 heavy (non-hydrogen) atoms. The van der Waals surface area contributed by atoms with Gasteiger partial charge in [0.05, 0.1) is 18.8 Å². The lowest BCUT2D eigenvalue weighted by Gasteiger charge is -2.13. The first-order chi connectivity index (χ1) is 9.69. The molecule has 0 saturated heterocycles. The Morgan fingerprint density at radius 1 is 1.35 bits per heavy atom. The van der Waals surface area contributed by atoms with Crippen molar-refractivity contribution in [1.29, 1.82) is 0 Å². The van der Waals surface area contributed by atoms with Gasteiger partial charge in [-0.3, -0.25) is 9.69 Å². The van der Waals surface area contributed by atoms with Gasteiger partial charge in [-0.05, 0) is 26.1 Å². The summed E-state index contributed by atoms with van der Waals surface area (Å²) in [6, 6.07) is 9.70. The summed E-state index contributed by atoms with van der Waals surface area (Å²) < 4.78 is 10.4. The number of carbonyl (C=O) groups is 1. The van der Waals surface area contributed by atoms with Crippen LogP contribution < -0.4 is 0 Å². The molecule has 2 rings (SSSR count). The van der Waals surface area contributed by atoms with Gasteiger partial charge in [-0.2, -0.15) is 0 Å². The zero-order chi connectivity index (χ0) is 14.4. The number of benzene rings is 1. The number of hydrogen-bond donors (Lipinski definition) is 0. The molecule has 1 aromatic heterocycles. The van der Waals surface area contributed by atoms with Crippen molar-refractivity contribution < 1.29 is 13.9 Å². The summed E-state index contributed by atoms with van der Waals surface area (Å²) in [6.45, 7) is 2.97. The number of rotatable bonds is 6. The van der Waals surface area contributed by atoms with Crippen molar-refractivity contribution in [1.82, 2.24) is 9.88 Å². The lowest BCUT2D eigenvalue weighted by Crippen LogP contribution is -2.27. The molecule has 0 atom stereocenters. The molecule has 106 valence electrons. The van der Waals surface area contributed by atoms with Crippen LogP contribution in [0.1, 0.15) is 12.6 Å². The third-order valence-electron chi connectivity index (χ3n) is 2.71. The number of oxazole rings is 1. The van der Waals surface area contributed by atoms with E-state index in [1.54, 1.807) is 13.2 Å². The molecule has 0 aliphatic rings. The molecular weight excluding hydrogens is 256 g/mol. The fraction of sp³-hybridized carbons (Fsp3) is 0.333. The first-order valence-corrected chi connectivity index (χ1v) is 6.53. The number of likely N-dealkylation sites (N-methyl/N-ethyl adjacent to an activating group) is 1. The van der Waals surface area contributed by atoms with E-state index in [-0.39, 0.29) is 12.5 Å². The van der Waals surface area contributed by atoms with Crippen molar-refractivity contribution in [3.63, 3.8) is 0 Å². The molecule has 0 radical (unpaired) electrons. The van der Waals surface area contributed by atoms with E-state index in [2.05, 4.69) is 4.98 Å². The number of aromatic nitrogens is 1. The third-order valence-corrected chi connectivity index (χ3v) is 2.71. The number of nitrogens with zero attached hydrogens (tertiary/aromatic N) is 2. The molecule has 0 amide bonds. The second kappa shape index (κ2) is 6.86. The number of hydrogen-bond acceptors (Lipinski definition) is 5. The first kappa shape index (κ1) is 14.3. The molecule has 5 heteroatoms. The highest BCUT2D eigenvalue weighted by atomic mass is 16.5. The van der Waals surface area contributed by atoms with E-state index in [1.807, 2.05) is 42.3 Å². The van der Waals surface area contributed by atoms with Gasteiger partial charge >= 0.3 is 5.97 Å². The highest BCUT2D eigenvalue weighted by molar-refractivity contribution is 5.71. The fourth-order valence-corrected chi connectivity index (χ4v) is 1.85. The Bertz CT molecular complexity index is 551. The average Bonchev–Trinajstić information content (AvgIpc) is 2.88. The zero-order valence-corrected chi connectivity index (χ0v) is 11.7.